The molecule has 0 saturated carbocycles. The molecule has 0 radical (unpaired) electrons. The Balaban J connectivity index is 1.54. The van der Waals surface area contributed by atoms with Gasteiger partial charge < -0.3 is 14.8 Å². The van der Waals surface area contributed by atoms with Crippen LogP contribution >= 0.6 is 11.6 Å². The normalized spacial score (nSPS) is 14.4. The fourth-order valence-corrected chi connectivity index (χ4v) is 5.05. The number of carbonyl (C=O) groups excluding carboxylic acids is 2. The number of fused-ring (bicyclic) bond motifs is 1. The van der Waals surface area contributed by atoms with E-state index in [9.17, 15) is 14.0 Å². The van der Waals surface area contributed by atoms with Gasteiger partial charge in [0.1, 0.15) is 5.82 Å². The maximum atomic E-state index is 15.0. The van der Waals surface area contributed by atoms with Crippen LogP contribution in [0.5, 0.6) is 0 Å². The maximum absolute atomic E-state index is 15.0. The Labute approximate surface area is 214 Å². The first-order chi connectivity index (χ1) is 16.9. The lowest BCUT2D eigenvalue weighted by Gasteiger charge is -2.38. The predicted molar refractivity (Wildman–Crippen MR) is 138 cm³/mol. The molecule has 36 heavy (non-hydrogen) atoms. The van der Waals surface area contributed by atoms with E-state index in [0.29, 0.717) is 36.8 Å². The molecule has 3 heterocycles. The number of aromatic nitrogens is 4. The number of benzene rings is 1. The number of hydrogen-bond acceptors (Lipinski definition) is 4. The molecule has 1 aliphatic rings. The van der Waals surface area contributed by atoms with Crippen LogP contribution in [0, 0.1) is 5.95 Å². The van der Waals surface area contributed by atoms with Gasteiger partial charge in [0.15, 0.2) is 5.69 Å². The SMILES string of the molecule is C=CC(=O)N1CC(NC(=O)c2c(F)nc(CCc3[nH]nc4cc(Cl)c(C(C)(C)C)cc34)n2C(C)C)C1. The fraction of sp³-hybridized carbons (Fsp3) is 0.462. The molecule has 4 rings (SSSR count). The van der Waals surface area contributed by atoms with Crippen LogP contribution in [-0.2, 0) is 23.1 Å². The van der Waals surface area contributed by atoms with Crippen LogP contribution in [0.25, 0.3) is 10.9 Å². The van der Waals surface area contributed by atoms with Crippen LogP contribution in [-0.4, -0.2) is 55.6 Å². The standard InChI is InChI=1S/C26H32ClFN6O2/c1-7-22(35)33-12-15(13-33)29-25(36)23-24(28)30-21(34(23)14(2)3)9-8-19-16-10-17(26(4,5)6)18(27)11-20(16)32-31-19/h7,10-11,14-15H,1,8-9,12-13H2,2-6H3,(H,29,36)(H,31,32). The van der Waals surface area contributed by atoms with Crippen molar-refractivity contribution >= 4 is 34.3 Å². The second-order valence-corrected chi connectivity index (χ2v) is 11.0. The Hall–Kier alpha value is -3.20. The highest BCUT2D eigenvalue weighted by Crippen LogP contribution is 2.34. The van der Waals surface area contributed by atoms with Crippen LogP contribution in [0.15, 0.2) is 24.8 Å². The number of H-pyrrole nitrogens is 1. The van der Waals surface area contributed by atoms with E-state index in [0.717, 1.165) is 22.2 Å². The van der Waals surface area contributed by atoms with E-state index in [-0.39, 0.29) is 29.1 Å². The molecule has 0 atom stereocenters. The van der Waals surface area contributed by atoms with Crippen molar-refractivity contribution < 1.29 is 14.0 Å². The van der Waals surface area contributed by atoms with Gasteiger partial charge in [0.25, 0.3) is 5.91 Å². The zero-order valence-corrected chi connectivity index (χ0v) is 22.0. The van der Waals surface area contributed by atoms with Crippen molar-refractivity contribution in [1.29, 1.82) is 0 Å². The Morgan fingerprint density at radius 3 is 2.61 bits per heavy atom. The topological polar surface area (TPSA) is 95.9 Å². The van der Waals surface area contributed by atoms with E-state index in [4.69, 9.17) is 11.6 Å². The summed E-state index contributed by atoms with van der Waals surface area (Å²) in [6.07, 6.45) is 2.19. The minimum absolute atomic E-state index is 0.0928. The number of likely N-dealkylation sites (tertiary alicyclic amines) is 1. The monoisotopic (exact) mass is 514 g/mol. The Morgan fingerprint density at radius 1 is 1.31 bits per heavy atom. The van der Waals surface area contributed by atoms with Crippen LogP contribution in [0.1, 0.15) is 68.2 Å². The highest BCUT2D eigenvalue weighted by molar-refractivity contribution is 6.32. The Morgan fingerprint density at radius 2 is 2.00 bits per heavy atom. The molecule has 8 nitrogen and oxygen atoms in total. The third-order valence-corrected chi connectivity index (χ3v) is 6.82. The summed E-state index contributed by atoms with van der Waals surface area (Å²) >= 11 is 6.49. The first-order valence-corrected chi connectivity index (χ1v) is 12.4. The average molecular weight is 515 g/mol. The molecule has 1 aromatic carbocycles. The van der Waals surface area contributed by atoms with Crippen molar-refractivity contribution in [3.05, 3.63) is 58.5 Å². The van der Waals surface area contributed by atoms with Gasteiger partial charge in [0.2, 0.25) is 11.9 Å². The van der Waals surface area contributed by atoms with Gasteiger partial charge in [-0.25, -0.2) is 4.98 Å². The molecule has 2 aromatic heterocycles. The summed E-state index contributed by atoms with van der Waals surface area (Å²) in [6, 6.07) is 3.51. The number of rotatable bonds is 7. The van der Waals surface area contributed by atoms with Crippen molar-refractivity contribution in [3.8, 4) is 0 Å². The number of imidazole rings is 1. The zero-order valence-electron chi connectivity index (χ0n) is 21.3. The number of nitrogens with one attached hydrogen (secondary N) is 2. The summed E-state index contributed by atoms with van der Waals surface area (Å²) in [4.78, 5) is 30.3. The van der Waals surface area contributed by atoms with Gasteiger partial charge in [0, 0.05) is 41.7 Å². The molecule has 1 aliphatic heterocycles. The highest BCUT2D eigenvalue weighted by atomic mass is 35.5. The average Bonchev–Trinajstić information content (AvgIpc) is 3.32. The van der Waals surface area contributed by atoms with Crippen LogP contribution in [0.3, 0.4) is 0 Å². The number of hydrogen-bond donors (Lipinski definition) is 2. The molecule has 2 amide bonds. The lowest BCUT2D eigenvalue weighted by Crippen LogP contribution is -2.60. The molecular weight excluding hydrogens is 483 g/mol. The molecule has 3 aromatic rings. The van der Waals surface area contributed by atoms with Gasteiger partial charge in [-0.15, -0.1) is 0 Å². The molecule has 1 saturated heterocycles. The van der Waals surface area contributed by atoms with Crippen molar-refractivity contribution in [2.45, 2.75) is 65.0 Å². The van der Waals surface area contributed by atoms with Gasteiger partial charge in [-0.1, -0.05) is 39.0 Å². The molecule has 0 bridgehead atoms. The molecular formula is C26H32ClFN6O2. The number of aromatic amines is 1. The molecule has 192 valence electrons. The Bertz CT molecular complexity index is 1330. The second kappa shape index (κ2) is 9.69. The third-order valence-electron chi connectivity index (χ3n) is 6.50. The molecule has 0 spiro atoms. The van der Waals surface area contributed by atoms with Crippen molar-refractivity contribution in [3.63, 3.8) is 0 Å². The number of aryl methyl sites for hydroxylation is 2. The molecule has 0 unspecified atom stereocenters. The minimum atomic E-state index is -0.800. The van der Waals surface area contributed by atoms with Crippen LogP contribution < -0.4 is 5.32 Å². The summed E-state index contributed by atoms with van der Waals surface area (Å²) in [7, 11) is 0. The second-order valence-electron chi connectivity index (χ2n) is 10.6. The van der Waals surface area contributed by atoms with Gasteiger partial charge >= 0.3 is 0 Å². The number of amides is 2. The fourth-order valence-electron chi connectivity index (χ4n) is 4.60. The van der Waals surface area contributed by atoms with Crippen LogP contribution in [0.2, 0.25) is 5.02 Å². The first kappa shape index (κ1) is 25.9. The summed E-state index contributed by atoms with van der Waals surface area (Å²) in [5.74, 6) is -1.04. The van der Waals surface area contributed by atoms with E-state index in [2.05, 4.69) is 53.9 Å². The number of nitrogens with zero attached hydrogens (tertiary/aromatic N) is 4. The van der Waals surface area contributed by atoms with Crippen molar-refractivity contribution in [2.24, 2.45) is 0 Å². The molecule has 10 heteroatoms. The molecule has 1 fully saturated rings. The lowest BCUT2D eigenvalue weighted by molar-refractivity contribution is -0.130. The van der Waals surface area contributed by atoms with E-state index in [1.54, 1.807) is 9.47 Å². The highest BCUT2D eigenvalue weighted by Gasteiger charge is 2.33. The van der Waals surface area contributed by atoms with Gasteiger partial charge in [-0.05, 0) is 49.5 Å². The predicted octanol–water partition coefficient (Wildman–Crippen LogP) is 4.34. The van der Waals surface area contributed by atoms with Crippen molar-refractivity contribution in [1.82, 2.24) is 30.0 Å². The maximum Gasteiger partial charge on any atom is 0.273 e. The van der Waals surface area contributed by atoms with E-state index in [1.165, 1.54) is 6.08 Å². The lowest BCUT2D eigenvalue weighted by atomic mass is 9.86. The summed E-state index contributed by atoms with van der Waals surface area (Å²) < 4.78 is 16.6. The van der Waals surface area contributed by atoms with Gasteiger partial charge in [-0.3, -0.25) is 14.7 Å². The molecule has 0 aliphatic carbocycles. The number of carbonyl (C=O) groups is 2. The van der Waals surface area contributed by atoms with Gasteiger partial charge in [0.05, 0.1) is 11.6 Å². The summed E-state index contributed by atoms with van der Waals surface area (Å²) in [6.45, 7) is 14.3. The summed E-state index contributed by atoms with van der Waals surface area (Å²) in [5, 5.41) is 11.9. The van der Waals surface area contributed by atoms with Gasteiger partial charge in [-0.2, -0.15) is 9.49 Å². The summed E-state index contributed by atoms with van der Waals surface area (Å²) in [5.41, 5.74) is 2.47. The largest absolute Gasteiger partial charge is 0.344 e. The van der Waals surface area contributed by atoms with E-state index >= 15 is 0 Å². The van der Waals surface area contributed by atoms with E-state index < -0.39 is 11.9 Å². The third kappa shape index (κ3) is 4.89. The number of halogens is 2. The Kier molecular flexibility index (Phi) is 6.96. The smallest absolute Gasteiger partial charge is 0.273 e. The molecule has 2 N–H and O–H groups in total. The minimum Gasteiger partial charge on any atom is -0.344 e. The first-order valence-electron chi connectivity index (χ1n) is 12.1. The van der Waals surface area contributed by atoms with E-state index in [1.807, 2.05) is 19.9 Å². The van der Waals surface area contributed by atoms with Crippen LogP contribution in [0.4, 0.5) is 4.39 Å². The quantitative estimate of drug-likeness (QED) is 0.458. The zero-order chi connectivity index (χ0) is 26.4. The van der Waals surface area contributed by atoms with Crippen molar-refractivity contribution in [2.75, 3.05) is 13.1 Å².